The number of phosphoric ester groups is 1. The number of hydrogen-bond donors (Lipinski definition) is 0. The van der Waals surface area contributed by atoms with Crippen LogP contribution in [-0.4, -0.2) is 45.5 Å². The Hall–Kier alpha value is -0.950. The molecule has 0 saturated heterocycles. The van der Waals surface area contributed by atoms with E-state index in [-0.39, 0.29) is 31.6 Å². The van der Waals surface area contributed by atoms with Gasteiger partial charge in [0.15, 0.2) is 6.10 Å². The van der Waals surface area contributed by atoms with Gasteiger partial charge in [0.1, 0.15) is 6.61 Å². The van der Waals surface area contributed by atoms with Crippen molar-refractivity contribution in [2.24, 2.45) is 0 Å². The normalized spacial score (nSPS) is 12.3. The van der Waals surface area contributed by atoms with Gasteiger partial charge in [-0.2, -0.15) is 0 Å². The third-order valence-corrected chi connectivity index (χ3v) is 10.9. The van der Waals surface area contributed by atoms with E-state index in [1.54, 1.807) is 0 Å². The van der Waals surface area contributed by atoms with E-state index in [0.717, 1.165) is 38.5 Å². The van der Waals surface area contributed by atoms with E-state index in [2.05, 4.69) is 13.8 Å². The molecule has 0 rings (SSSR count). The molecule has 50 heavy (non-hydrogen) atoms. The van der Waals surface area contributed by atoms with Gasteiger partial charge in [-0.3, -0.25) is 23.2 Å². The molecule has 0 aromatic rings. The van der Waals surface area contributed by atoms with E-state index >= 15 is 0 Å². The highest BCUT2D eigenvalue weighted by Crippen LogP contribution is 2.47. The van der Waals surface area contributed by atoms with Crippen molar-refractivity contribution in [3.8, 4) is 0 Å². The summed E-state index contributed by atoms with van der Waals surface area (Å²) >= 11 is 0. The van der Waals surface area contributed by atoms with Gasteiger partial charge in [0.2, 0.25) is 0 Å². The van der Waals surface area contributed by atoms with E-state index in [4.69, 9.17) is 23.0 Å². The fraction of sp³-hybridized carbons (Fsp3) is 0.951. The summed E-state index contributed by atoms with van der Waals surface area (Å²) in [6, 6.07) is 0. The molecule has 0 bridgehead atoms. The van der Waals surface area contributed by atoms with Gasteiger partial charge in [0, 0.05) is 27.1 Å². The zero-order valence-electron chi connectivity index (χ0n) is 33.3. The molecule has 0 radical (unpaired) electrons. The highest BCUT2D eigenvalue weighted by Gasteiger charge is 2.27. The molecule has 0 N–H and O–H groups in total. The number of esters is 2. The molecule has 0 fully saturated rings. The molecule has 0 aliphatic carbocycles. The highest BCUT2D eigenvalue weighted by atomic mass is 31.2. The Morgan fingerprint density at radius 3 is 1.06 bits per heavy atom. The van der Waals surface area contributed by atoms with Crippen LogP contribution < -0.4 is 0 Å². The highest BCUT2D eigenvalue weighted by molar-refractivity contribution is 7.48. The topological polar surface area (TPSA) is 97.4 Å². The van der Waals surface area contributed by atoms with Gasteiger partial charge >= 0.3 is 19.8 Å². The zero-order valence-corrected chi connectivity index (χ0v) is 34.2. The van der Waals surface area contributed by atoms with Gasteiger partial charge in [0.25, 0.3) is 0 Å². The second-order valence-corrected chi connectivity index (χ2v) is 16.2. The summed E-state index contributed by atoms with van der Waals surface area (Å²) in [5, 5.41) is 0. The van der Waals surface area contributed by atoms with Crippen LogP contribution >= 0.6 is 7.82 Å². The summed E-state index contributed by atoms with van der Waals surface area (Å²) in [4.78, 5) is 25.0. The number of unbranched alkanes of at least 4 members (excludes halogenated alkanes) is 28. The standard InChI is InChI=1S/C41H81O8P/c1-5-7-9-11-13-15-17-19-21-23-25-27-29-31-33-35-40(42)47-37-39(38-48-50(44,45-3)46-4)49-41(43)36-34-32-30-28-26-24-22-20-18-16-14-12-10-8-6-2/h39H,5-38H2,1-4H3. The summed E-state index contributed by atoms with van der Waals surface area (Å²) < 4.78 is 38.3. The quantitative estimate of drug-likeness (QED) is 0.0349. The number of phosphoric acid groups is 1. The molecular formula is C41H81O8P. The molecule has 298 valence electrons. The summed E-state index contributed by atoms with van der Waals surface area (Å²) in [5.41, 5.74) is 0. The first-order valence-electron chi connectivity index (χ1n) is 21.1. The smallest absolute Gasteiger partial charge is 0.462 e. The van der Waals surface area contributed by atoms with Crippen molar-refractivity contribution < 1.29 is 37.2 Å². The molecule has 0 amide bonds. The Morgan fingerprint density at radius 2 is 0.740 bits per heavy atom. The molecule has 0 heterocycles. The van der Waals surface area contributed by atoms with Crippen LogP contribution in [0, 0.1) is 0 Å². The maximum absolute atomic E-state index is 12.6. The maximum atomic E-state index is 12.6. The Morgan fingerprint density at radius 1 is 0.440 bits per heavy atom. The molecule has 9 heteroatoms. The zero-order chi connectivity index (χ0) is 36.8. The molecule has 0 saturated carbocycles. The van der Waals surface area contributed by atoms with Crippen LogP contribution in [0.15, 0.2) is 0 Å². The van der Waals surface area contributed by atoms with Crippen molar-refractivity contribution in [3.63, 3.8) is 0 Å². The third-order valence-electron chi connectivity index (χ3n) is 9.56. The first-order chi connectivity index (χ1) is 24.4. The number of carbonyl (C=O) groups excluding carboxylic acids is 2. The summed E-state index contributed by atoms with van der Waals surface area (Å²) in [5.74, 6) is -0.707. The minimum Gasteiger partial charge on any atom is -0.462 e. The van der Waals surface area contributed by atoms with E-state index in [0.29, 0.717) is 6.42 Å². The molecule has 0 aromatic heterocycles. The molecule has 0 spiro atoms. The number of carbonyl (C=O) groups is 2. The van der Waals surface area contributed by atoms with E-state index in [1.165, 1.54) is 168 Å². The molecule has 0 aromatic carbocycles. The summed E-state index contributed by atoms with van der Waals surface area (Å²) in [6.45, 7) is 4.12. The minimum atomic E-state index is -3.76. The van der Waals surface area contributed by atoms with Crippen molar-refractivity contribution in [1.82, 2.24) is 0 Å². The van der Waals surface area contributed by atoms with Crippen LogP contribution in [0.4, 0.5) is 0 Å². The van der Waals surface area contributed by atoms with Crippen molar-refractivity contribution >= 4 is 19.8 Å². The fourth-order valence-corrected chi connectivity index (χ4v) is 6.96. The van der Waals surface area contributed by atoms with E-state index < -0.39 is 13.9 Å². The van der Waals surface area contributed by atoms with Gasteiger partial charge in [0.05, 0.1) is 6.61 Å². The lowest BCUT2D eigenvalue weighted by atomic mass is 10.0. The van der Waals surface area contributed by atoms with Crippen LogP contribution in [0.3, 0.4) is 0 Å². The molecular weight excluding hydrogens is 651 g/mol. The van der Waals surface area contributed by atoms with Gasteiger partial charge in [-0.1, -0.05) is 194 Å². The van der Waals surface area contributed by atoms with Crippen LogP contribution in [0.2, 0.25) is 0 Å². The average molecular weight is 733 g/mol. The third kappa shape index (κ3) is 34.2. The monoisotopic (exact) mass is 733 g/mol. The molecule has 1 unspecified atom stereocenters. The van der Waals surface area contributed by atoms with Gasteiger partial charge in [-0.05, 0) is 12.8 Å². The predicted molar refractivity (Wildman–Crippen MR) is 208 cm³/mol. The average Bonchev–Trinajstić information content (AvgIpc) is 3.12. The van der Waals surface area contributed by atoms with Crippen LogP contribution in [0.5, 0.6) is 0 Å². The van der Waals surface area contributed by atoms with Crippen molar-refractivity contribution in [3.05, 3.63) is 0 Å². The van der Waals surface area contributed by atoms with E-state index in [9.17, 15) is 14.2 Å². The lowest BCUT2D eigenvalue weighted by Gasteiger charge is -2.20. The van der Waals surface area contributed by atoms with Gasteiger partial charge in [-0.15, -0.1) is 0 Å². The van der Waals surface area contributed by atoms with Crippen LogP contribution in [-0.2, 0) is 37.2 Å². The molecule has 8 nitrogen and oxygen atoms in total. The predicted octanol–water partition coefficient (Wildman–Crippen LogP) is 13.4. The van der Waals surface area contributed by atoms with Crippen LogP contribution in [0.25, 0.3) is 0 Å². The summed E-state index contributed by atoms with van der Waals surface area (Å²) in [7, 11) is -1.31. The van der Waals surface area contributed by atoms with Crippen molar-refractivity contribution in [2.75, 3.05) is 27.4 Å². The largest absolute Gasteiger partial charge is 0.474 e. The molecule has 1 atom stereocenters. The second-order valence-electron chi connectivity index (χ2n) is 14.3. The van der Waals surface area contributed by atoms with Crippen molar-refractivity contribution in [2.45, 2.75) is 225 Å². The second kappa shape index (κ2) is 37.8. The first kappa shape index (κ1) is 49.0. The Bertz CT molecular complexity index is 785. The number of ether oxygens (including phenoxy) is 2. The van der Waals surface area contributed by atoms with E-state index in [1.807, 2.05) is 0 Å². The SMILES string of the molecule is CCCCCCCCCCCCCCCCCC(=O)OCC(COP(=O)(OC)OC)OC(=O)CCCCCCCCCCCCCCCCC. The van der Waals surface area contributed by atoms with Gasteiger partial charge < -0.3 is 9.47 Å². The molecule has 0 aliphatic rings. The fourth-order valence-electron chi connectivity index (χ4n) is 6.25. The summed E-state index contributed by atoms with van der Waals surface area (Å²) in [6.07, 6.45) is 37.6. The number of hydrogen-bond acceptors (Lipinski definition) is 8. The Labute approximate surface area is 309 Å². The lowest BCUT2D eigenvalue weighted by Crippen LogP contribution is -2.29. The minimum absolute atomic E-state index is 0.157. The maximum Gasteiger partial charge on any atom is 0.474 e. The number of rotatable bonds is 40. The Kier molecular flexibility index (Phi) is 37.1. The van der Waals surface area contributed by atoms with Crippen LogP contribution in [0.1, 0.15) is 219 Å². The Balaban J connectivity index is 4.05. The van der Waals surface area contributed by atoms with Crippen molar-refractivity contribution in [1.29, 1.82) is 0 Å². The van der Waals surface area contributed by atoms with Gasteiger partial charge in [-0.25, -0.2) is 4.57 Å². The lowest BCUT2D eigenvalue weighted by molar-refractivity contribution is -0.161. The first-order valence-corrected chi connectivity index (χ1v) is 22.6. The molecule has 0 aliphatic heterocycles.